The lowest BCUT2D eigenvalue weighted by Crippen LogP contribution is -2.31. The summed E-state index contributed by atoms with van der Waals surface area (Å²) in [6, 6.07) is 0. The Morgan fingerprint density at radius 3 is 2.31 bits per heavy atom. The second-order valence-corrected chi connectivity index (χ2v) is 2.59. The number of rotatable bonds is 5. The van der Waals surface area contributed by atoms with Crippen LogP contribution >= 0.6 is 0 Å². The Kier molecular flexibility index (Phi) is 5.03. The summed E-state index contributed by atoms with van der Waals surface area (Å²) in [5, 5.41) is 18.4. The van der Waals surface area contributed by atoms with Crippen molar-refractivity contribution in [2.24, 2.45) is 5.92 Å². The van der Waals surface area contributed by atoms with Crippen molar-refractivity contribution in [3.63, 3.8) is 0 Å². The van der Waals surface area contributed by atoms with Crippen LogP contribution in [0.2, 0.25) is 0 Å². The molecule has 0 aliphatic carbocycles. The fraction of sp³-hybridized carbons (Fsp3) is 0.444. The van der Waals surface area contributed by atoms with E-state index >= 15 is 0 Å². The summed E-state index contributed by atoms with van der Waals surface area (Å²) in [7, 11) is 0. The van der Waals surface area contributed by atoms with Gasteiger partial charge in [-0.05, 0) is 6.92 Å². The van der Waals surface area contributed by atoms with Gasteiger partial charge in [-0.25, -0.2) is 4.79 Å². The van der Waals surface area contributed by atoms with E-state index in [1.807, 2.05) is 0 Å². The molecule has 13 heavy (non-hydrogen) atoms. The maximum atomic E-state index is 10.6. The lowest BCUT2D eigenvalue weighted by atomic mass is 10.0. The van der Waals surface area contributed by atoms with Crippen LogP contribution in [0.15, 0.2) is 25.3 Å². The summed E-state index contributed by atoms with van der Waals surface area (Å²) >= 11 is 0. The number of aliphatic hydroxyl groups excluding tert-OH is 2. The third-order valence-electron chi connectivity index (χ3n) is 1.56. The van der Waals surface area contributed by atoms with Gasteiger partial charge in [-0.3, -0.25) is 0 Å². The fourth-order valence-electron chi connectivity index (χ4n) is 0.797. The number of esters is 1. The topological polar surface area (TPSA) is 66.8 Å². The first-order valence-corrected chi connectivity index (χ1v) is 3.84. The standard InChI is InChI=1S/C9H14O4/c1-4-7(6(3)10)9(12)13-8(11)5-2/h4-7,9-10,12H,1-2H2,3H3. The Labute approximate surface area is 77.1 Å². The molecule has 0 rings (SSSR count). The molecule has 0 aliphatic rings. The van der Waals surface area contributed by atoms with Crippen molar-refractivity contribution in [1.82, 2.24) is 0 Å². The summed E-state index contributed by atoms with van der Waals surface area (Å²) in [6.07, 6.45) is 0.0463. The van der Waals surface area contributed by atoms with Crippen LogP contribution in [-0.4, -0.2) is 28.6 Å². The first-order valence-electron chi connectivity index (χ1n) is 3.84. The van der Waals surface area contributed by atoms with Gasteiger partial charge in [0.1, 0.15) is 0 Å². The molecule has 4 nitrogen and oxygen atoms in total. The highest BCUT2D eigenvalue weighted by Crippen LogP contribution is 2.12. The van der Waals surface area contributed by atoms with Crippen LogP contribution in [0.5, 0.6) is 0 Å². The Hall–Kier alpha value is -1.13. The van der Waals surface area contributed by atoms with E-state index in [9.17, 15) is 9.90 Å². The minimum absolute atomic E-state index is 0.691. The molecule has 0 aromatic heterocycles. The average Bonchev–Trinajstić information content (AvgIpc) is 2.04. The molecule has 0 aromatic carbocycles. The minimum atomic E-state index is -1.39. The van der Waals surface area contributed by atoms with Crippen LogP contribution in [-0.2, 0) is 9.53 Å². The van der Waals surface area contributed by atoms with Crippen molar-refractivity contribution in [1.29, 1.82) is 0 Å². The molecule has 3 unspecified atom stereocenters. The maximum Gasteiger partial charge on any atom is 0.332 e. The summed E-state index contributed by atoms with van der Waals surface area (Å²) in [5.41, 5.74) is 0. The predicted molar refractivity (Wildman–Crippen MR) is 47.7 cm³/mol. The zero-order valence-corrected chi connectivity index (χ0v) is 7.51. The summed E-state index contributed by atoms with van der Waals surface area (Å²) in [5.74, 6) is -1.43. The molecular weight excluding hydrogens is 172 g/mol. The molecule has 0 radical (unpaired) electrons. The van der Waals surface area contributed by atoms with Crippen LogP contribution in [0.1, 0.15) is 6.92 Å². The molecule has 0 saturated heterocycles. The molecule has 0 heterocycles. The van der Waals surface area contributed by atoms with Crippen molar-refractivity contribution in [2.75, 3.05) is 0 Å². The number of ether oxygens (including phenoxy) is 1. The van der Waals surface area contributed by atoms with E-state index in [1.165, 1.54) is 13.0 Å². The van der Waals surface area contributed by atoms with Gasteiger partial charge in [-0.15, -0.1) is 6.58 Å². The van der Waals surface area contributed by atoms with Crippen molar-refractivity contribution in [3.05, 3.63) is 25.3 Å². The molecule has 74 valence electrons. The molecule has 0 spiro atoms. The smallest absolute Gasteiger partial charge is 0.332 e. The Morgan fingerprint density at radius 2 is 2.00 bits per heavy atom. The minimum Gasteiger partial charge on any atom is -0.432 e. The molecule has 0 amide bonds. The van der Waals surface area contributed by atoms with E-state index in [0.717, 1.165) is 6.08 Å². The van der Waals surface area contributed by atoms with Crippen LogP contribution < -0.4 is 0 Å². The number of carbonyl (C=O) groups is 1. The number of aliphatic hydroxyl groups is 2. The van der Waals surface area contributed by atoms with Gasteiger partial charge in [0.2, 0.25) is 6.29 Å². The van der Waals surface area contributed by atoms with Gasteiger partial charge in [-0.1, -0.05) is 12.7 Å². The summed E-state index contributed by atoms with van der Waals surface area (Å²) < 4.78 is 4.48. The van der Waals surface area contributed by atoms with E-state index in [0.29, 0.717) is 0 Å². The van der Waals surface area contributed by atoms with E-state index in [1.54, 1.807) is 0 Å². The van der Waals surface area contributed by atoms with Gasteiger partial charge in [0, 0.05) is 6.08 Å². The Bertz CT molecular complexity index is 198. The van der Waals surface area contributed by atoms with Crippen LogP contribution in [0, 0.1) is 5.92 Å². The molecule has 2 N–H and O–H groups in total. The highest BCUT2D eigenvalue weighted by atomic mass is 16.6. The maximum absolute atomic E-state index is 10.6. The first-order chi connectivity index (χ1) is 6.02. The highest BCUT2D eigenvalue weighted by Gasteiger charge is 2.23. The van der Waals surface area contributed by atoms with Gasteiger partial charge < -0.3 is 14.9 Å². The molecule has 3 atom stereocenters. The predicted octanol–water partition coefficient (Wildman–Crippen LogP) is 0.217. The van der Waals surface area contributed by atoms with Crippen molar-refractivity contribution in [3.8, 4) is 0 Å². The average molecular weight is 186 g/mol. The Morgan fingerprint density at radius 1 is 1.46 bits per heavy atom. The third-order valence-corrected chi connectivity index (χ3v) is 1.56. The third kappa shape index (κ3) is 3.87. The number of carbonyl (C=O) groups excluding carboxylic acids is 1. The molecule has 0 fully saturated rings. The van der Waals surface area contributed by atoms with Crippen LogP contribution in [0.3, 0.4) is 0 Å². The molecular formula is C9H14O4. The fourth-order valence-corrected chi connectivity index (χ4v) is 0.797. The second kappa shape index (κ2) is 5.50. The van der Waals surface area contributed by atoms with Crippen molar-refractivity contribution < 1.29 is 19.7 Å². The van der Waals surface area contributed by atoms with E-state index in [-0.39, 0.29) is 0 Å². The van der Waals surface area contributed by atoms with Crippen molar-refractivity contribution in [2.45, 2.75) is 19.3 Å². The summed E-state index contributed by atoms with van der Waals surface area (Å²) in [4.78, 5) is 10.6. The molecule has 4 heteroatoms. The van der Waals surface area contributed by atoms with Crippen LogP contribution in [0.4, 0.5) is 0 Å². The van der Waals surface area contributed by atoms with E-state index < -0.39 is 24.3 Å². The lowest BCUT2D eigenvalue weighted by Gasteiger charge is -2.21. The molecule has 0 saturated carbocycles. The zero-order chi connectivity index (χ0) is 10.4. The van der Waals surface area contributed by atoms with Gasteiger partial charge in [0.25, 0.3) is 0 Å². The lowest BCUT2D eigenvalue weighted by molar-refractivity contribution is -0.173. The van der Waals surface area contributed by atoms with Gasteiger partial charge >= 0.3 is 5.97 Å². The highest BCUT2D eigenvalue weighted by molar-refractivity contribution is 5.81. The van der Waals surface area contributed by atoms with Crippen molar-refractivity contribution >= 4 is 5.97 Å². The largest absolute Gasteiger partial charge is 0.432 e. The van der Waals surface area contributed by atoms with Crippen LogP contribution in [0.25, 0.3) is 0 Å². The summed E-state index contributed by atoms with van der Waals surface area (Å²) in [6.45, 7) is 8.04. The Balaban J connectivity index is 4.20. The number of hydrogen-bond acceptors (Lipinski definition) is 4. The normalized spacial score (nSPS) is 16.8. The SMILES string of the molecule is C=CC(=O)OC(O)C(C=C)C(C)O. The quantitative estimate of drug-likeness (QED) is 0.279. The monoisotopic (exact) mass is 186 g/mol. The molecule has 0 bridgehead atoms. The number of hydrogen-bond donors (Lipinski definition) is 2. The van der Waals surface area contributed by atoms with E-state index in [2.05, 4.69) is 17.9 Å². The zero-order valence-electron chi connectivity index (χ0n) is 7.51. The molecule has 0 aliphatic heterocycles. The second-order valence-electron chi connectivity index (χ2n) is 2.59. The first kappa shape index (κ1) is 11.9. The van der Waals surface area contributed by atoms with Gasteiger partial charge in [0.05, 0.1) is 12.0 Å². The van der Waals surface area contributed by atoms with Gasteiger partial charge in [-0.2, -0.15) is 0 Å². The van der Waals surface area contributed by atoms with Gasteiger partial charge in [0.15, 0.2) is 0 Å². The van der Waals surface area contributed by atoms with E-state index in [4.69, 9.17) is 5.11 Å². The molecule has 0 aromatic rings.